The fourth-order valence-electron chi connectivity index (χ4n) is 3.54. The molecule has 2 aromatic carbocycles. The van der Waals surface area contributed by atoms with E-state index < -0.39 is 10.0 Å². The fourth-order valence-corrected chi connectivity index (χ4v) is 6.22. The van der Waals surface area contributed by atoms with Gasteiger partial charge in [0.25, 0.3) is 5.91 Å². The molecule has 170 valence electrons. The summed E-state index contributed by atoms with van der Waals surface area (Å²) < 4.78 is 27.6. The minimum Gasteiger partial charge on any atom is -0.345 e. The van der Waals surface area contributed by atoms with Crippen LogP contribution < -0.4 is 4.90 Å². The number of carbonyl (C=O) groups excluding carboxylic acids is 1. The second-order valence-electron chi connectivity index (χ2n) is 8.00. The fraction of sp³-hybridized carbons (Fsp3) is 0.364. The van der Waals surface area contributed by atoms with Crippen LogP contribution in [-0.4, -0.2) is 67.8 Å². The highest BCUT2D eigenvalue weighted by atomic mass is 35.5. The minimum absolute atomic E-state index is 0.0989. The number of thiazole rings is 1. The molecule has 7 nitrogen and oxygen atoms in total. The summed E-state index contributed by atoms with van der Waals surface area (Å²) in [6.45, 7) is 6.12. The number of hydrogen-bond acceptors (Lipinski definition) is 6. The smallest absolute Gasteiger partial charge is 0.253 e. The largest absolute Gasteiger partial charge is 0.345 e. The van der Waals surface area contributed by atoms with E-state index in [4.69, 9.17) is 11.6 Å². The van der Waals surface area contributed by atoms with Crippen LogP contribution in [0.25, 0.3) is 10.2 Å². The molecule has 1 fully saturated rings. The number of piperazine rings is 1. The van der Waals surface area contributed by atoms with Crippen molar-refractivity contribution in [1.82, 2.24) is 14.2 Å². The van der Waals surface area contributed by atoms with Gasteiger partial charge in [0.15, 0.2) is 5.13 Å². The van der Waals surface area contributed by atoms with E-state index in [2.05, 4.69) is 9.88 Å². The van der Waals surface area contributed by atoms with Crippen LogP contribution in [0.2, 0.25) is 5.02 Å². The van der Waals surface area contributed by atoms with Gasteiger partial charge < -0.3 is 9.80 Å². The van der Waals surface area contributed by atoms with E-state index in [0.29, 0.717) is 36.8 Å². The van der Waals surface area contributed by atoms with Crippen molar-refractivity contribution in [2.45, 2.75) is 24.8 Å². The molecular weight excluding hydrogens is 468 g/mol. The Bertz CT molecular complexity index is 1230. The van der Waals surface area contributed by atoms with E-state index in [-0.39, 0.29) is 16.8 Å². The SMILES string of the molecule is CC(C)N(C)S(=O)(=O)c1ccc(C(=O)N2CCN(c3nc4c(Cl)cccc4s3)CC2)cc1. The number of nitrogens with zero attached hydrogens (tertiary/aromatic N) is 4. The number of anilines is 1. The second-order valence-corrected chi connectivity index (χ2v) is 11.4. The van der Waals surface area contributed by atoms with E-state index in [9.17, 15) is 13.2 Å². The Labute approximate surface area is 197 Å². The third-order valence-corrected chi connectivity index (χ3v) is 9.14. The number of hydrogen-bond donors (Lipinski definition) is 0. The number of benzene rings is 2. The van der Waals surface area contributed by atoms with Crippen molar-refractivity contribution >= 4 is 54.2 Å². The normalized spacial score (nSPS) is 15.2. The van der Waals surface area contributed by atoms with E-state index in [0.717, 1.165) is 15.3 Å². The van der Waals surface area contributed by atoms with Gasteiger partial charge in [0.05, 0.1) is 14.6 Å². The predicted molar refractivity (Wildman–Crippen MR) is 129 cm³/mol. The van der Waals surface area contributed by atoms with Gasteiger partial charge in [-0.2, -0.15) is 4.31 Å². The molecule has 0 N–H and O–H groups in total. The van der Waals surface area contributed by atoms with Crippen molar-refractivity contribution in [3.8, 4) is 0 Å². The molecule has 10 heteroatoms. The summed E-state index contributed by atoms with van der Waals surface area (Å²) >= 11 is 7.84. The minimum atomic E-state index is -3.57. The highest BCUT2D eigenvalue weighted by Crippen LogP contribution is 2.33. The summed E-state index contributed by atoms with van der Waals surface area (Å²) in [5.74, 6) is -0.0989. The Morgan fingerprint density at radius 3 is 2.34 bits per heavy atom. The van der Waals surface area contributed by atoms with Gasteiger partial charge in [0.2, 0.25) is 10.0 Å². The lowest BCUT2D eigenvalue weighted by atomic mass is 10.2. The van der Waals surface area contributed by atoms with Crippen molar-refractivity contribution in [2.24, 2.45) is 0 Å². The second kappa shape index (κ2) is 8.97. The molecule has 0 radical (unpaired) electrons. The molecule has 0 atom stereocenters. The zero-order valence-electron chi connectivity index (χ0n) is 18.2. The highest BCUT2D eigenvalue weighted by molar-refractivity contribution is 7.89. The first-order valence-electron chi connectivity index (χ1n) is 10.4. The Morgan fingerprint density at radius 1 is 1.09 bits per heavy atom. The number of aromatic nitrogens is 1. The van der Waals surface area contributed by atoms with Gasteiger partial charge in [-0.15, -0.1) is 0 Å². The number of amides is 1. The van der Waals surface area contributed by atoms with Crippen LogP contribution in [-0.2, 0) is 10.0 Å². The zero-order chi connectivity index (χ0) is 23.0. The molecule has 1 saturated heterocycles. The summed E-state index contributed by atoms with van der Waals surface area (Å²) in [5, 5.41) is 1.55. The lowest BCUT2D eigenvalue weighted by molar-refractivity contribution is 0.0746. The number of sulfonamides is 1. The number of fused-ring (bicyclic) bond motifs is 1. The lowest BCUT2D eigenvalue weighted by Crippen LogP contribution is -2.48. The molecule has 0 unspecified atom stereocenters. The molecule has 1 amide bonds. The summed E-state index contributed by atoms with van der Waals surface area (Å²) in [4.78, 5) is 21.8. The Balaban J connectivity index is 1.42. The van der Waals surface area contributed by atoms with Crippen LogP contribution in [0.5, 0.6) is 0 Å². The Hall–Kier alpha value is -2.20. The van der Waals surface area contributed by atoms with Crippen molar-refractivity contribution < 1.29 is 13.2 Å². The maximum absolute atomic E-state index is 12.9. The number of rotatable bonds is 5. The van der Waals surface area contributed by atoms with E-state index in [1.165, 1.54) is 16.4 Å². The molecule has 0 aliphatic carbocycles. The summed E-state index contributed by atoms with van der Waals surface area (Å²) in [5.41, 5.74) is 1.29. The molecule has 1 aliphatic heterocycles. The molecule has 1 aliphatic rings. The number of carbonyl (C=O) groups is 1. The first-order chi connectivity index (χ1) is 15.2. The lowest BCUT2D eigenvalue weighted by Gasteiger charge is -2.34. The molecule has 32 heavy (non-hydrogen) atoms. The van der Waals surface area contributed by atoms with Gasteiger partial charge in [0.1, 0.15) is 5.52 Å². The molecule has 3 aromatic rings. The van der Waals surface area contributed by atoms with Crippen molar-refractivity contribution in [3.05, 3.63) is 53.1 Å². The third-order valence-electron chi connectivity index (χ3n) is 5.70. The molecule has 1 aromatic heterocycles. The van der Waals surface area contributed by atoms with Crippen LogP contribution in [0, 0.1) is 0 Å². The molecule has 0 bridgehead atoms. The number of halogens is 1. The van der Waals surface area contributed by atoms with Gasteiger partial charge in [-0.05, 0) is 50.2 Å². The molecule has 2 heterocycles. The van der Waals surface area contributed by atoms with Crippen molar-refractivity contribution in [2.75, 3.05) is 38.1 Å². The quantitative estimate of drug-likeness (QED) is 0.539. The molecule has 0 spiro atoms. The van der Waals surface area contributed by atoms with E-state index in [1.807, 2.05) is 32.0 Å². The predicted octanol–water partition coefficient (Wildman–Crippen LogP) is 3.94. The first-order valence-corrected chi connectivity index (χ1v) is 13.0. The summed E-state index contributed by atoms with van der Waals surface area (Å²) in [7, 11) is -2.02. The molecule has 0 saturated carbocycles. The molecular formula is C22H25ClN4O3S2. The van der Waals surface area contributed by atoms with Gasteiger partial charge in [0, 0.05) is 44.8 Å². The highest BCUT2D eigenvalue weighted by Gasteiger charge is 2.26. The van der Waals surface area contributed by atoms with Gasteiger partial charge in [-0.3, -0.25) is 4.79 Å². The first kappa shape index (κ1) is 23.0. The third kappa shape index (κ3) is 4.34. The Kier molecular flexibility index (Phi) is 6.44. The van der Waals surface area contributed by atoms with E-state index in [1.54, 1.807) is 35.4 Å². The van der Waals surface area contributed by atoms with E-state index >= 15 is 0 Å². The summed E-state index contributed by atoms with van der Waals surface area (Å²) in [6, 6.07) is 11.8. The summed E-state index contributed by atoms with van der Waals surface area (Å²) in [6.07, 6.45) is 0. The van der Waals surface area contributed by atoms with Gasteiger partial charge in [-0.25, -0.2) is 13.4 Å². The molecule has 4 rings (SSSR count). The zero-order valence-corrected chi connectivity index (χ0v) is 20.5. The van der Waals surface area contributed by atoms with Crippen LogP contribution in [0.4, 0.5) is 5.13 Å². The van der Waals surface area contributed by atoms with Crippen LogP contribution in [0.3, 0.4) is 0 Å². The Morgan fingerprint density at radius 2 is 1.75 bits per heavy atom. The average molecular weight is 493 g/mol. The van der Waals surface area contributed by atoms with Gasteiger partial charge >= 0.3 is 0 Å². The standard InChI is InChI=1S/C22H25ClN4O3S2/c1-15(2)25(3)32(29,30)17-9-7-16(8-10-17)21(28)26-11-13-27(14-12-26)22-24-20-18(23)5-4-6-19(20)31-22/h4-10,15H,11-14H2,1-3H3. The average Bonchev–Trinajstić information content (AvgIpc) is 3.24. The maximum Gasteiger partial charge on any atom is 0.253 e. The number of para-hydroxylation sites is 1. The maximum atomic E-state index is 12.9. The monoisotopic (exact) mass is 492 g/mol. The van der Waals surface area contributed by atoms with Gasteiger partial charge in [-0.1, -0.05) is 29.0 Å². The van der Waals surface area contributed by atoms with Crippen LogP contribution >= 0.6 is 22.9 Å². The van der Waals surface area contributed by atoms with Crippen LogP contribution in [0.15, 0.2) is 47.4 Å². The van der Waals surface area contributed by atoms with Crippen LogP contribution in [0.1, 0.15) is 24.2 Å². The van der Waals surface area contributed by atoms with Crippen molar-refractivity contribution in [1.29, 1.82) is 0 Å². The van der Waals surface area contributed by atoms with Crippen molar-refractivity contribution in [3.63, 3.8) is 0 Å². The topological polar surface area (TPSA) is 73.8 Å².